The van der Waals surface area contributed by atoms with Crippen molar-refractivity contribution in [3.8, 4) is 0 Å². The van der Waals surface area contributed by atoms with Gasteiger partial charge in [-0.05, 0) is 50.3 Å². The third-order valence-corrected chi connectivity index (χ3v) is 6.40. The number of benzene rings is 2. The van der Waals surface area contributed by atoms with Gasteiger partial charge in [-0.2, -0.15) is 0 Å². The van der Waals surface area contributed by atoms with Crippen molar-refractivity contribution in [2.75, 3.05) is 19.6 Å². The number of aryl methyl sites for hydroxylation is 2. The Labute approximate surface area is 155 Å². The number of nitrogens with one attached hydrogen (secondary N) is 1. The maximum atomic E-state index is 3.35. The molecule has 2 aromatic rings. The molecule has 1 heterocycles. The van der Waals surface area contributed by atoms with Crippen LogP contribution in [0.5, 0.6) is 0 Å². The van der Waals surface area contributed by atoms with E-state index in [0.29, 0.717) is 11.5 Å². The third-order valence-electron chi connectivity index (χ3n) is 5.44. The van der Waals surface area contributed by atoms with E-state index in [0.717, 1.165) is 19.6 Å². The zero-order valence-electron chi connectivity index (χ0n) is 15.8. The van der Waals surface area contributed by atoms with Crippen LogP contribution in [0.4, 0.5) is 0 Å². The SMILES string of the molecule is CC1(C)CNCCN1P.Cc1ccc2c(c1)CCC2c1ccccc1. The first-order valence-corrected chi connectivity index (χ1v) is 9.86. The predicted octanol–water partition coefficient (Wildman–Crippen LogP) is 4.53. The second-order valence-corrected chi connectivity index (χ2v) is 8.51. The highest BCUT2D eigenvalue weighted by molar-refractivity contribution is 7.13. The molecule has 134 valence electrons. The second kappa shape index (κ2) is 7.99. The molecule has 0 radical (unpaired) electrons. The number of hydrogen-bond donors (Lipinski definition) is 1. The quantitative estimate of drug-likeness (QED) is 0.757. The molecule has 1 aliphatic carbocycles. The lowest BCUT2D eigenvalue weighted by Gasteiger charge is -2.39. The van der Waals surface area contributed by atoms with Gasteiger partial charge in [0.1, 0.15) is 0 Å². The molecule has 1 aliphatic heterocycles. The lowest BCUT2D eigenvalue weighted by atomic mass is 9.93. The Morgan fingerprint density at radius 1 is 1.12 bits per heavy atom. The molecule has 1 saturated heterocycles. The van der Waals surface area contributed by atoms with Gasteiger partial charge in [0.25, 0.3) is 0 Å². The van der Waals surface area contributed by atoms with Crippen molar-refractivity contribution >= 4 is 9.39 Å². The van der Waals surface area contributed by atoms with Crippen molar-refractivity contribution in [2.45, 2.75) is 45.1 Å². The fourth-order valence-electron chi connectivity index (χ4n) is 3.78. The third kappa shape index (κ3) is 4.50. The van der Waals surface area contributed by atoms with Crippen LogP contribution in [0.15, 0.2) is 48.5 Å². The average Bonchev–Trinajstić information content (AvgIpc) is 3.02. The molecule has 0 spiro atoms. The number of hydrogen-bond acceptors (Lipinski definition) is 2. The molecule has 2 aromatic carbocycles. The Hall–Kier alpha value is -1.21. The van der Waals surface area contributed by atoms with Gasteiger partial charge in [-0.15, -0.1) is 0 Å². The summed E-state index contributed by atoms with van der Waals surface area (Å²) in [7, 11) is 2.77. The summed E-state index contributed by atoms with van der Waals surface area (Å²) in [4.78, 5) is 0. The van der Waals surface area contributed by atoms with Crippen molar-refractivity contribution in [1.29, 1.82) is 0 Å². The van der Waals surface area contributed by atoms with Crippen LogP contribution in [0.3, 0.4) is 0 Å². The van der Waals surface area contributed by atoms with Gasteiger partial charge in [-0.1, -0.05) is 63.5 Å². The van der Waals surface area contributed by atoms with Gasteiger partial charge in [0, 0.05) is 31.1 Å². The molecule has 0 bridgehead atoms. The second-order valence-electron chi connectivity index (χ2n) is 7.89. The number of rotatable bonds is 1. The number of nitrogens with zero attached hydrogens (tertiary/aromatic N) is 1. The molecule has 2 unspecified atom stereocenters. The van der Waals surface area contributed by atoms with Crippen molar-refractivity contribution in [1.82, 2.24) is 9.99 Å². The summed E-state index contributed by atoms with van der Waals surface area (Å²) in [6.07, 6.45) is 2.50. The monoisotopic (exact) mass is 354 g/mol. The summed E-state index contributed by atoms with van der Waals surface area (Å²) >= 11 is 0. The maximum absolute atomic E-state index is 3.35. The summed E-state index contributed by atoms with van der Waals surface area (Å²) < 4.78 is 2.31. The predicted molar refractivity (Wildman–Crippen MR) is 111 cm³/mol. The van der Waals surface area contributed by atoms with Gasteiger partial charge in [0.2, 0.25) is 0 Å². The largest absolute Gasteiger partial charge is 0.314 e. The van der Waals surface area contributed by atoms with Gasteiger partial charge >= 0.3 is 0 Å². The topological polar surface area (TPSA) is 15.3 Å². The van der Waals surface area contributed by atoms with E-state index in [1.54, 1.807) is 5.56 Å². The van der Waals surface area contributed by atoms with Gasteiger partial charge in [-0.3, -0.25) is 4.67 Å². The van der Waals surface area contributed by atoms with E-state index < -0.39 is 0 Å². The fraction of sp³-hybridized carbons (Fsp3) is 0.455. The smallest absolute Gasteiger partial charge is 0.0310 e. The van der Waals surface area contributed by atoms with E-state index in [1.165, 1.54) is 29.5 Å². The Kier molecular flexibility index (Phi) is 5.94. The molecule has 1 N–H and O–H groups in total. The average molecular weight is 354 g/mol. The van der Waals surface area contributed by atoms with Gasteiger partial charge in [0.15, 0.2) is 0 Å². The van der Waals surface area contributed by atoms with Crippen molar-refractivity contribution < 1.29 is 0 Å². The Balaban J connectivity index is 0.000000173. The van der Waals surface area contributed by atoms with Gasteiger partial charge in [-0.25, -0.2) is 0 Å². The number of fused-ring (bicyclic) bond motifs is 1. The van der Waals surface area contributed by atoms with Crippen LogP contribution in [0.1, 0.15) is 48.4 Å². The van der Waals surface area contributed by atoms with Crippen LogP contribution < -0.4 is 5.32 Å². The minimum Gasteiger partial charge on any atom is -0.314 e. The van der Waals surface area contributed by atoms with E-state index >= 15 is 0 Å². The van der Waals surface area contributed by atoms with E-state index in [2.05, 4.69) is 88.7 Å². The number of piperazine rings is 1. The molecule has 0 saturated carbocycles. The molecule has 25 heavy (non-hydrogen) atoms. The first kappa shape index (κ1) is 18.6. The molecule has 3 heteroatoms. The fourth-order valence-corrected chi connectivity index (χ4v) is 4.00. The van der Waals surface area contributed by atoms with Gasteiger partial charge < -0.3 is 5.32 Å². The first-order chi connectivity index (χ1) is 12.0. The van der Waals surface area contributed by atoms with E-state index in [-0.39, 0.29) is 0 Å². The highest BCUT2D eigenvalue weighted by Gasteiger charge is 2.26. The van der Waals surface area contributed by atoms with Crippen molar-refractivity contribution in [2.24, 2.45) is 0 Å². The van der Waals surface area contributed by atoms with Crippen LogP contribution in [0.25, 0.3) is 0 Å². The van der Waals surface area contributed by atoms with Crippen LogP contribution in [-0.2, 0) is 6.42 Å². The van der Waals surface area contributed by atoms with Crippen LogP contribution in [-0.4, -0.2) is 29.8 Å². The summed E-state index contributed by atoms with van der Waals surface area (Å²) in [5.74, 6) is 0.622. The lowest BCUT2D eigenvalue weighted by Crippen LogP contribution is -2.53. The Morgan fingerprint density at radius 3 is 2.52 bits per heavy atom. The van der Waals surface area contributed by atoms with E-state index in [4.69, 9.17) is 0 Å². The molecule has 2 nitrogen and oxygen atoms in total. The normalized spacial score (nSPS) is 22.0. The summed E-state index contributed by atoms with van der Waals surface area (Å²) in [6.45, 7) is 10.0. The lowest BCUT2D eigenvalue weighted by molar-refractivity contribution is 0.202. The molecular weight excluding hydrogens is 323 g/mol. The summed E-state index contributed by atoms with van der Waals surface area (Å²) in [6, 6.07) is 17.8. The van der Waals surface area contributed by atoms with E-state index in [9.17, 15) is 0 Å². The van der Waals surface area contributed by atoms with Crippen molar-refractivity contribution in [3.63, 3.8) is 0 Å². The first-order valence-electron chi connectivity index (χ1n) is 9.35. The standard InChI is InChI=1S/C16H16.C6H15N2P/c1-12-7-9-16-14(11-12)8-10-15(16)13-5-3-2-4-6-13;1-6(2)5-7-3-4-8(6)9/h2-7,9,11,15H,8,10H2,1H3;7H,3-5,9H2,1-2H3. The molecular formula is C22H31N2P. The zero-order valence-corrected chi connectivity index (χ0v) is 16.9. The summed E-state index contributed by atoms with van der Waals surface area (Å²) in [5, 5.41) is 3.35. The molecule has 2 aliphatic rings. The van der Waals surface area contributed by atoms with Gasteiger partial charge in [0.05, 0.1) is 0 Å². The summed E-state index contributed by atoms with van der Waals surface area (Å²) in [5.41, 5.74) is 6.26. The van der Waals surface area contributed by atoms with Crippen LogP contribution in [0.2, 0.25) is 0 Å². The molecule has 0 amide bonds. The zero-order chi connectivity index (χ0) is 17.9. The Morgan fingerprint density at radius 2 is 1.88 bits per heavy atom. The van der Waals surface area contributed by atoms with Crippen LogP contribution >= 0.6 is 9.39 Å². The molecule has 2 atom stereocenters. The molecule has 1 fully saturated rings. The van der Waals surface area contributed by atoms with Crippen LogP contribution in [0, 0.1) is 6.92 Å². The van der Waals surface area contributed by atoms with E-state index in [1.807, 2.05) is 0 Å². The highest BCUT2D eigenvalue weighted by Crippen LogP contribution is 2.38. The molecule has 0 aromatic heterocycles. The van der Waals surface area contributed by atoms with Crippen molar-refractivity contribution in [3.05, 3.63) is 70.8 Å². The minimum atomic E-state index is 0.322. The highest BCUT2D eigenvalue weighted by atomic mass is 31.0. The maximum Gasteiger partial charge on any atom is 0.0310 e. The minimum absolute atomic E-state index is 0.322. The Bertz CT molecular complexity index is 696. The molecule has 4 rings (SSSR count).